The lowest BCUT2D eigenvalue weighted by Gasteiger charge is -2.29. The minimum atomic E-state index is -0.576. The first-order valence-corrected chi connectivity index (χ1v) is 10.5. The van der Waals surface area contributed by atoms with E-state index < -0.39 is 6.04 Å². The molecular formula is C23H24N4O3. The lowest BCUT2D eigenvalue weighted by atomic mass is 10.0. The van der Waals surface area contributed by atoms with Crippen LogP contribution in [0.15, 0.2) is 36.4 Å². The summed E-state index contributed by atoms with van der Waals surface area (Å²) in [6.07, 6.45) is 2.88. The minimum Gasteiger partial charge on any atom is -0.385 e. The number of fused-ring (bicyclic) bond motifs is 2. The van der Waals surface area contributed by atoms with E-state index in [2.05, 4.69) is 34.1 Å². The summed E-state index contributed by atoms with van der Waals surface area (Å²) >= 11 is 0. The standard InChI is InChI=1S/C23H24N4O3/c28-21-8-7-20(22(29)26-21)27-13-16-4-3-14(10-18(16)23(27)30)12-25-17-5-6-19-15(11-17)2-1-9-24-19/h3-6,10-11,20,24-25H,1-2,7-9,12-13H2,(H,26,28,29). The van der Waals surface area contributed by atoms with Crippen molar-refractivity contribution >= 4 is 29.1 Å². The van der Waals surface area contributed by atoms with E-state index in [-0.39, 0.29) is 24.1 Å². The van der Waals surface area contributed by atoms with Gasteiger partial charge in [0.05, 0.1) is 0 Å². The maximum Gasteiger partial charge on any atom is 0.255 e. The molecule has 1 fully saturated rings. The molecule has 3 N–H and O–H groups in total. The molecule has 0 aliphatic carbocycles. The third kappa shape index (κ3) is 3.40. The number of imide groups is 1. The van der Waals surface area contributed by atoms with E-state index in [1.165, 1.54) is 11.3 Å². The Hall–Kier alpha value is -3.35. The third-order valence-corrected chi connectivity index (χ3v) is 6.13. The number of amides is 3. The number of nitrogens with one attached hydrogen (secondary N) is 3. The second-order valence-corrected chi connectivity index (χ2v) is 8.15. The topological polar surface area (TPSA) is 90.5 Å². The second kappa shape index (κ2) is 7.48. The van der Waals surface area contributed by atoms with Crippen LogP contribution in [0.2, 0.25) is 0 Å². The molecule has 154 valence electrons. The molecule has 3 amide bonds. The highest BCUT2D eigenvalue weighted by Gasteiger charge is 2.39. The van der Waals surface area contributed by atoms with Crippen LogP contribution in [0, 0.1) is 0 Å². The van der Waals surface area contributed by atoms with Gasteiger partial charge < -0.3 is 15.5 Å². The van der Waals surface area contributed by atoms with Crippen molar-refractivity contribution in [2.75, 3.05) is 17.2 Å². The van der Waals surface area contributed by atoms with Crippen molar-refractivity contribution in [3.05, 3.63) is 58.7 Å². The summed E-state index contributed by atoms with van der Waals surface area (Å²) in [4.78, 5) is 38.1. The molecule has 0 spiro atoms. The molecular weight excluding hydrogens is 380 g/mol. The molecule has 7 heteroatoms. The summed E-state index contributed by atoms with van der Waals surface area (Å²) in [6.45, 7) is 2.05. The Morgan fingerprint density at radius 2 is 1.93 bits per heavy atom. The molecule has 0 aromatic heterocycles. The zero-order valence-corrected chi connectivity index (χ0v) is 16.7. The van der Waals surface area contributed by atoms with Crippen molar-refractivity contribution in [2.45, 2.75) is 44.8 Å². The summed E-state index contributed by atoms with van der Waals surface area (Å²) in [5, 5.41) is 9.20. The number of carbonyl (C=O) groups is 3. The zero-order valence-electron chi connectivity index (χ0n) is 16.7. The molecule has 5 rings (SSSR count). The smallest absolute Gasteiger partial charge is 0.255 e. The van der Waals surface area contributed by atoms with Crippen LogP contribution in [0.4, 0.5) is 11.4 Å². The van der Waals surface area contributed by atoms with Crippen LogP contribution >= 0.6 is 0 Å². The Morgan fingerprint density at radius 1 is 1.03 bits per heavy atom. The lowest BCUT2D eigenvalue weighted by Crippen LogP contribution is -2.52. The summed E-state index contributed by atoms with van der Waals surface area (Å²) < 4.78 is 0. The molecule has 30 heavy (non-hydrogen) atoms. The number of nitrogens with zero attached hydrogens (tertiary/aromatic N) is 1. The van der Waals surface area contributed by atoms with Crippen LogP contribution in [0.1, 0.15) is 46.3 Å². The van der Waals surface area contributed by atoms with Gasteiger partial charge in [-0.2, -0.15) is 0 Å². The normalized spacial score (nSPS) is 20.3. The Kier molecular flexibility index (Phi) is 4.65. The van der Waals surface area contributed by atoms with Crippen molar-refractivity contribution in [2.24, 2.45) is 0 Å². The Labute approximate surface area is 174 Å². The van der Waals surface area contributed by atoms with Crippen LogP contribution in [0.3, 0.4) is 0 Å². The van der Waals surface area contributed by atoms with Gasteiger partial charge in [-0.15, -0.1) is 0 Å². The van der Waals surface area contributed by atoms with Gasteiger partial charge in [-0.05, 0) is 60.2 Å². The van der Waals surface area contributed by atoms with Crippen LogP contribution in [0.25, 0.3) is 0 Å². The number of aryl methyl sites for hydroxylation is 1. The molecule has 3 aliphatic heterocycles. The fourth-order valence-electron chi connectivity index (χ4n) is 4.50. The van der Waals surface area contributed by atoms with Crippen LogP contribution in [0.5, 0.6) is 0 Å². The zero-order chi connectivity index (χ0) is 20.7. The Bertz CT molecular complexity index is 1050. The van der Waals surface area contributed by atoms with Gasteiger partial charge in [-0.3, -0.25) is 19.7 Å². The molecule has 0 saturated carbocycles. The van der Waals surface area contributed by atoms with Gasteiger partial charge >= 0.3 is 0 Å². The van der Waals surface area contributed by atoms with Gasteiger partial charge in [0.1, 0.15) is 6.04 Å². The van der Waals surface area contributed by atoms with E-state index in [1.807, 2.05) is 18.2 Å². The van der Waals surface area contributed by atoms with Gasteiger partial charge in [0.25, 0.3) is 5.91 Å². The van der Waals surface area contributed by atoms with Gasteiger partial charge in [0, 0.05) is 43.0 Å². The molecule has 3 aliphatic rings. The number of hydrogen-bond acceptors (Lipinski definition) is 5. The van der Waals surface area contributed by atoms with Crippen molar-refractivity contribution in [1.29, 1.82) is 0 Å². The SMILES string of the molecule is O=C1CCC(N2Cc3ccc(CNc4ccc5c(c4)CCCN5)cc3C2=O)C(=O)N1. The quantitative estimate of drug-likeness (QED) is 0.681. The van der Waals surface area contributed by atoms with Gasteiger partial charge in [0.2, 0.25) is 11.8 Å². The van der Waals surface area contributed by atoms with Crippen molar-refractivity contribution in [3.63, 3.8) is 0 Å². The first-order chi connectivity index (χ1) is 14.6. The molecule has 7 nitrogen and oxygen atoms in total. The van der Waals surface area contributed by atoms with E-state index >= 15 is 0 Å². The number of rotatable bonds is 4. The largest absolute Gasteiger partial charge is 0.385 e. The average molecular weight is 404 g/mol. The maximum atomic E-state index is 12.9. The number of piperidine rings is 1. The fraction of sp³-hybridized carbons (Fsp3) is 0.348. The first-order valence-electron chi connectivity index (χ1n) is 10.5. The van der Waals surface area contributed by atoms with E-state index in [0.717, 1.165) is 36.2 Å². The number of benzene rings is 2. The molecule has 1 unspecified atom stereocenters. The van der Waals surface area contributed by atoms with Crippen molar-refractivity contribution in [3.8, 4) is 0 Å². The summed E-state index contributed by atoms with van der Waals surface area (Å²) in [6, 6.07) is 11.7. The first kappa shape index (κ1) is 18.7. The second-order valence-electron chi connectivity index (χ2n) is 8.15. The molecule has 0 bridgehead atoms. The average Bonchev–Trinajstić information content (AvgIpc) is 3.08. The molecule has 0 radical (unpaired) electrons. The monoisotopic (exact) mass is 404 g/mol. The van der Waals surface area contributed by atoms with E-state index in [4.69, 9.17) is 0 Å². The molecule has 1 atom stereocenters. The summed E-state index contributed by atoms with van der Waals surface area (Å²) in [7, 11) is 0. The Balaban J connectivity index is 1.28. The molecule has 2 aromatic rings. The summed E-state index contributed by atoms with van der Waals surface area (Å²) in [5.74, 6) is -0.788. The van der Waals surface area contributed by atoms with Crippen molar-refractivity contribution < 1.29 is 14.4 Å². The van der Waals surface area contributed by atoms with E-state index in [1.54, 1.807) is 4.90 Å². The predicted octanol–water partition coefficient (Wildman–Crippen LogP) is 2.42. The number of anilines is 2. The maximum absolute atomic E-state index is 12.9. The highest BCUT2D eigenvalue weighted by Crippen LogP contribution is 2.29. The highest BCUT2D eigenvalue weighted by molar-refractivity contribution is 6.05. The van der Waals surface area contributed by atoms with Gasteiger partial charge in [-0.25, -0.2) is 0 Å². The van der Waals surface area contributed by atoms with Crippen LogP contribution in [-0.4, -0.2) is 35.2 Å². The minimum absolute atomic E-state index is 0.138. The summed E-state index contributed by atoms with van der Waals surface area (Å²) in [5.41, 5.74) is 6.19. The van der Waals surface area contributed by atoms with Gasteiger partial charge in [0.15, 0.2) is 0 Å². The predicted molar refractivity (Wildman–Crippen MR) is 113 cm³/mol. The third-order valence-electron chi connectivity index (χ3n) is 6.13. The number of carbonyl (C=O) groups excluding carboxylic acids is 3. The van der Waals surface area contributed by atoms with Crippen LogP contribution in [-0.2, 0) is 29.1 Å². The molecule has 3 heterocycles. The van der Waals surface area contributed by atoms with E-state index in [9.17, 15) is 14.4 Å². The van der Waals surface area contributed by atoms with E-state index in [0.29, 0.717) is 25.1 Å². The number of hydrogen-bond donors (Lipinski definition) is 3. The molecule has 1 saturated heterocycles. The molecule has 2 aromatic carbocycles. The van der Waals surface area contributed by atoms with Crippen molar-refractivity contribution in [1.82, 2.24) is 10.2 Å². The lowest BCUT2D eigenvalue weighted by molar-refractivity contribution is -0.136. The van der Waals surface area contributed by atoms with Crippen LogP contribution < -0.4 is 16.0 Å². The highest BCUT2D eigenvalue weighted by atomic mass is 16.2. The van der Waals surface area contributed by atoms with Gasteiger partial charge in [-0.1, -0.05) is 12.1 Å². The fourth-order valence-corrected chi connectivity index (χ4v) is 4.50. The Morgan fingerprint density at radius 3 is 2.80 bits per heavy atom.